The minimum atomic E-state index is -3.05. The number of aromatic nitrogens is 2. The van der Waals surface area contributed by atoms with Gasteiger partial charge in [0.2, 0.25) is 0 Å². The molecule has 2 aromatic rings. The first-order valence-electron chi connectivity index (χ1n) is 8.95. The van der Waals surface area contributed by atoms with Crippen LogP contribution in [0.3, 0.4) is 0 Å². The first kappa shape index (κ1) is 19.3. The first-order chi connectivity index (χ1) is 12.8. The summed E-state index contributed by atoms with van der Waals surface area (Å²) >= 11 is 0. The molecule has 1 aliphatic heterocycles. The van der Waals surface area contributed by atoms with Gasteiger partial charge in [-0.1, -0.05) is 30.3 Å². The molecule has 1 aromatic heterocycles. The van der Waals surface area contributed by atoms with Crippen molar-refractivity contribution >= 4 is 21.6 Å². The van der Waals surface area contributed by atoms with Crippen LogP contribution in [0.15, 0.2) is 36.4 Å². The van der Waals surface area contributed by atoms with Crippen LogP contribution in [0.4, 0.5) is 5.82 Å². The molecule has 1 amide bonds. The number of hydrogen-bond donors (Lipinski definition) is 1. The van der Waals surface area contributed by atoms with Gasteiger partial charge in [-0.25, -0.2) is 18.4 Å². The van der Waals surface area contributed by atoms with E-state index in [1.807, 2.05) is 18.2 Å². The predicted octanol–water partition coefficient (Wildman–Crippen LogP) is 1.70. The quantitative estimate of drug-likeness (QED) is 0.810. The van der Waals surface area contributed by atoms with Gasteiger partial charge in [-0.05, 0) is 25.3 Å². The Hall–Kier alpha value is -2.48. The number of anilines is 1. The fourth-order valence-electron chi connectivity index (χ4n) is 3.17. The molecule has 27 heavy (non-hydrogen) atoms. The highest BCUT2D eigenvalue weighted by Gasteiger charge is 2.33. The molecule has 1 saturated heterocycles. The average Bonchev–Trinajstić information content (AvgIpc) is 3.01. The maximum absolute atomic E-state index is 12.8. The molecular formula is C19H24N4O3S. The molecule has 1 aromatic carbocycles. The van der Waals surface area contributed by atoms with Gasteiger partial charge in [0.25, 0.3) is 5.91 Å². The third-order valence-electron chi connectivity index (χ3n) is 4.70. The Morgan fingerprint density at radius 3 is 2.67 bits per heavy atom. The van der Waals surface area contributed by atoms with Crippen molar-refractivity contribution in [2.24, 2.45) is 0 Å². The van der Waals surface area contributed by atoms with Crippen LogP contribution in [0, 0.1) is 6.92 Å². The van der Waals surface area contributed by atoms with Gasteiger partial charge in [0.05, 0.1) is 11.5 Å². The highest BCUT2D eigenvalue weighted by atomic mass is 32.2. The van der Waals surface area contributed by atoms with Gasteiger partial charge in [0.1, 0.15) is 17.3 Å². The monoisotopic (exact) mass is 388 g/mol. The number of benzene rings is 1. The van der Waals surface area contributed by atoms with Crippen molar-refractivity contribution in [3.8, 4) is 0 Å². The topological polar surface area (TPSA) is 92.3 Å². The van der Waals surface area contributed by atoms with Crippen LogP contribution >= 0.6 is 0 Å². The van der Waals surface area contributed by atoms with E-state index in [4.69, 9.17) is 0 Å². The molecule has 144 valence electrons. The molecule has 0 spiro atoms. The molecule has 1 N–H and O–H groups in total. The summed E-state index contributed by atoms with van der Waals surface area (Å²) in [6, 6.07) is 11.4. The summed E-state index contributed by atoms with van der Waals surface area (Å²) in [6.45, 7) is 2.42. The summed E-state index contributed by atoms with van der Waals surface area (Å²) in [6.07, 6.45) is 1.31. The van der Waals surface area contributed by atoms with E-state index >= 15 is 0 Å². The van der Waals surface area contributed by atoms with E-state index in [-0.39, 0.29) is 29.1 Å². The Morgan fingerprint density at radius 1 is 1.26 bits per heavy atom. The largest absolute Gasteiger partial charge is 0.370 e. The zero-order valence-electron chi connectivity index (χ0n) is 15.6. The second-order valence-corrected chi connectivity index (χ2v) is 9.05. The van der Waals surface area contributed by atoms with Crippen molar-refractivity contribution in [1.82, 2.24) is 14.9 Å². The average molecular weight is 388 g/mol. The molecule has 1 unspecified atom stereocenters. The predicted molar refractivity (Wildman–Crippen MR) is 105 cm³/mol. The van der Waals surface area contributed by atoms with Crippen molar-refractivity contribution in [2.45, 2.75) is 25.8 Å². The third kappa shape index (κ3) is 5.03. The number of amides is 1. The van der Waals surface area contributed by atoms with Crippen LogP contribution in [0.2, 0.25) is 0 Å². The number of nitrogens with one attached hydrogen (secondary N) is 1. The highest BCUT2D eigenvalue weighted by molar-refractivity contribution is 7.91. The Kier molecular flexibility index (Phi) is 5.74. The van der Waals surface area contributed by atoms with Crippen molar-refractivity contribution < 1.29 is 13.2 Å². The van der Waals surface area contributed by atoms with Crippen LogP contribution in [-0.2, 0) is 16.3 Å². The Morgan fingerprint density at radius 2 is 2.00 bits per heavy atom. The Labute approximate surface area is 159 Å². The van der Waals surface area contributed by atoms with Gasteiger partial charge in [-0.3, -0.25) is 4.79 Å². The molecule has 0 bridgehead atoms. The van der Waals surface area contributed by atoms with E-state index in [9.17, 15) is 13.2 Å². The van der Waals surface area contributed by atoms with E-state index in [0.29, 0.717) is 24.6 Å². The number of carbonyl (C=O) groups excluding carboxylic acids is 1. The summed E-state index contributed by atoms with van der Waals surface area (Å²) in [4.78, 5) is 22.8. The first-order valence-corrected chi connectivity index (χ1v) is 10.8. The normalized spacial score (nSPS) is 18.2. The lowest BCUT2D eigenvalue weighted by molar-refractivity contribution is 0.0741. The maximum Gasteiger partial charge on any atom is 0.272 e. The zero-order valence-corrected chi connectivity index (χ0v) is 16.4. The van der Waals surface area contributed by atoms with E-state index in [2.05, 4.69) is 27.4 Å². The van der Waals surface area contributed by atoms with Crippen LogP contribution in [0.5, 0.6) is 0 Å². The van der Waals surface area contributed by atoms with Crippen LogP contribution in [0.1, 0.15) is 28.3 Å². The number of rotatable bonds is 6. The summed E-state index contributed by atoms with van der Waals surface area (Å²) in [7, 11) is -1.42. The van der Waals surface area contributed by atoms with Gasteiger partial charge in [0.15, 0.2) is 9.84 Å². The number of sulfone groups is 1. The standard InChI is InChI=1S/C19H24N4O3S/c1-14-21-17(19(24)23(2)16-9-11-27(25,26)13-16)12-18(22-14)20-10-8-15-6-4-3-5-7-15/h3-7,12,16H,8-11,13H2,1-2H3,(H,20,21,22). The van der Waals surface area contributed by atoms with Crippen molar-refractivity contribution in [3.63, 3.8) is 0 Å². The third-order valence-corrected chi connectivity index (χ3v) is 6.45. The molecule has 0 saturated carbocycles. The molecular weight excluding hydrogens is 364 g/mol. The van der Waals surface area contributed by atoms with E-state index < -0.39 is 9.84 Å². The van der Waals surface area contributed by atoms with Crippen molar-refractivity contribution in [1.29, 1.82) is 0 Å². The number of carbonyl (C=O) groups is 1. The van der Waals surface area contributed by atoms with Crippen molar-refractivity contribution in [2.75, 3.05) is 30.4 Å². The van der Waals surface area contributed by atoms with Gasteiger partial charge < -0.3 is 10.2 Å². The molecule has 0 radical (unpaired) electrons. The summed E-state index contributed by atoms with van der Waals surface area (Å²) < 4.78 is 23.3. The zero-order chi connectivity index (χ0) is 19.4. The molecule has 0 aliphatic carbocycles. The Bertz CT molecular complexity index is 916. The fraction of sp³-hybridized carbons (Fsp3) is 0.421. The summed E-state index contributed by atoms with van der Waals surface area (Å²) in [5.41, 5.74) is 1.49. The van der Waals surface area contributed by atoms with Crippen molar-refractivity contribution in [3.05, 3.63) is 53.5 Å². The molecule has 8 heteroatoms. The number of aryl methyl sites for hydroxylation is 1. The lowest BCUT2D eigenvalue weighted by Crippen LogP contribution is -2.38. The lowest BCUT2D eigenvalue weighted by atomic mass is 10.1. The molecule has 1 aliphatic rings. The van der Waals surface area contributed by atoms with Gasteiger partial charge in [-0.15, -0.1) is 0 Å². The lowest BCUT2D eigenvalue weighted by Gasteiger charge is -2.23. The SMILES string of the molecule is Cc1nc(NCCc2ccccc2)cc(C(=O)N(C)C2CCS(=O)(=O)C2)n1. The molecule has 2 heterocycles. The van der Waals surface area contributed by atoms with E-state index in [0.717, 1.165) is 6.42 Å². The number of hydrogen-bond acceptors (Lipinski definition) is 6. The number of nitrogens with zero attached hydrogens (tertiary/aromatic N) is 3. The van der Waals surface area contributed by atoms with E-state index in [1.165, 1.54) is 10.5 Å². The van der Waals surface area contributed by atoms with Crippen LogP contribution in [-0.4, -0.2) is 60.3 Å². The van der Waals surface area contributed by atoms with Crippen LogP contribution < -0.4 is 5.32 Å². The Balaban J connectivity index is 1.66. The van der Waals surface area contributed by atoms with Gasteiger partial charge >= 0.3 is 0 Å². The minimum Gasteiger partial charge on any atom is -0.370 e. The highest BCUT2D eigenvalue weighted by Crippen LogP contribution is 2.19. The minimum absolute atomic E-state index is 0.0154. The second kappa shape index (κ2) is 8.04. The summed E-state index contributed by atoms with van der Waals surface area (Å²) in [5.74, 6) is 0.949. The molecule has 1 fully saturated rings. The van der Waals surface area contributed by atoms with E-state index in [1.54, 1.807) is 20.0 Å². The molecule has 1 atom stereocenters. The molecule has 3 rings (SSSR count). The second-order valence-electron chi connectivity index (χ2n) is 6.82. The van der Waals surface area contributed by atoms with Gasteiger partial charge in [0, 0.05) is 25.7 Å². The molecule has 7 nitrogen and oxygen atoms in total. The van der Waals surface area contributed by atoms with Gasteiger partial charge in [-0.2, -0.15) is 0 Å². The smallest absolute Gasteiger partial charge is 0.272 e. The van der Waals surface area contributed by atoms with Crippen LogP contribution in [0.25, 0.3) is 0 Å². The fourth-order valence-corrected chi connectivity index (χ4v) is 4.95. The maximum atomic E-state index is 12.8. The summed E-state index contributed by atoms with van der Waals surface area (Å²) in [5, 5.41) is 3.23.